The van der Waals surface area contributed by atoms with Crippen LogP contribution in [0.2, 0.25) is 0 Å². The van der Waals surface area contributed by atoms with Gasteiger partial charge >= 0.3 is 0 Å². The summed E-state index contributed by atoms with van der Waals surface area (Å²) >= 11 is 0. The minimum absolute atomic E-state index is 0.0928. The number of carbonyl (C=O) groups excluding carboxylic acids is 2. The fraction of sp³-hybridized carbons (Fsp3) is 0.281. The summed E-state index contributed by atoms with van der Waals surface area (Å²) in [6.45, 7) is 0. The Hall–Kier alpha value is -4.37. The van der Waals surface area contributed by atoms with Crippen LogP contribution in [0.1, 0.15) is 81.1 Å². The Kier molecular flexibility index (Phi) is 6.01. The Bertz CT molecular complexity index is 1730. The molecule has 4 atom stereocenters. The molecule has 0 fully saturated rings. The van der Waals surface area contributed by atoms with Crippen molar-refractivity contribution in [1.29, 1.82) is 0 Å². The van der Waals surface area contributed by atoms with Crippen molar-refractivity contribution in [2.24, 2.45) is 5.73 Å². The molecule has 9 heteroatoms. The molecule has 4 heterocycles. The minimum atomic E-state index is -0.905. The number of ketones is 1. The van der Waals surface area contributed by atoms with Crippen LogP contribution in [0.25, 0.3) is 0 Å². The molecule has 1 amide bonds. The molecule has 206 valence electrons. The number of nitrogens with two attached hydrogens (primary N) is 1. The molecule has 0 radical (unpaired) electrons. The molecule has 1 spiro atoms. The second kappa shape index (κ2) is 9.62. The van der Waals surface area contributed by atoms with Gasteiger partial charge in [-0.05, 0) is 60.2 Å². The van der Waals surface area contributed by atoms with Gasteiger partial charge in [-0.15, -0.1) is 0 Å². The first-order chi connectivity index (χ1) is 19.9. The summed E-state index contributed by atoms with van der Waals surface area (Å²) in [6, 6.07) is 12.8. The minimum Gasteiger partial charge on any atom is -0.323 e. The molecular weight excluding hydrogens is 524 g/mol. The first-order valence-electron chi connectivity index (χ1n) is 13.8. The van der Waals surface area contributed by atoms with Gasteiger partial charge in [0, 0.05) is 71.8 Å². The first kappa shape index (κ1) is 25.6. The molecule has 7 nitrogen and oxygen atoms in total. The molecule has 0 saturated carbocycles. The van der Waals surface area contributed by atoms with Crippen LogP contribution < -0.4 is 11.1 Å². The van der Waals surface area contributed by atoms with E-state index in [-0.39, 0.29) is 29.6 Å². The summed E-state index contributed by atoms with van der Waals surface area (Å²) in [5.41, 5.74) is 10.6. The van der Waals surface area contributed by atoms with Crippen LogP contribution in [0, 0.1) is 11.6 Å². The van der Waals surface area contributed by atoms with Gasteiger partial charge in [0.05, 0.1) is 5.41 Å². The van der Waals surface area contributed by atoms with Gasteiger partial charge in [-0.2, -0.15) is 0 Å². The van der Waals surface area contributed by atoms with Crippen molar-refractivity contribution in [2.75, 3.05) is 5.32 Å². The molecule has 1 aliphatic heterocycles. The Morgan fingerprint density at radius 3 is 2.68 bits per heavy atom. The van der Waals surface area contributed by atoms with E-state index in [1.807, 2.05) is 24.3 Å². The number of hydrogen-bond donors (Lipinski definition) is 2. The zero-order valence-electron chi connectivity index (χ0n) is 22.1. The fourth-order valence-electron chi connectivity index (χ4n) is 6.93. The number of anilines is 1. The molecule has 0 saturated heterocycles. The van der Waals surface area contributed by atoms with Crippen molar-refractivity contribution in [3.8, 4) is 0 Å². The number of fused-ring (bicyclic) bond motifs is 4. The van der Waals surface area contributed by atoms with Gasteiger partial charge in [0.15, 0.2) is 17.4 Å². The molecule has 0 bridgehead atoms. The van der Waals surface area contributed by atoms with Gasteiger partial charge in [-0.25, -0.2) is 13.8 Å². The van der Waals surface area contributed by atoms with E-state index in [0.717, 1.165) is 28.5 Å². The summed E-state index contributed by atoms with van der Waals surface area (Å²) in [5.74, 6) is -2.10. The van der Waals surface area contributed by atoms with Crippen LogP contribution >= 0.6 is 0 Å². The number of amides is 1. The fourth-order valence-corrected chi connectivity index (χ4v) is 6.93. The van der Waals surface area contributed by atoms with Crippen LogP contribution in [-0.2, 0) is 23.1 Å². The smallest absolute Gasteiger partial charge is 0.237 e. The number of carbonyl (C=O) groups is 2. The maximum absolute atomic E-state index is 14.8. The largest absolute Gasteiger partial charge is 0.323 e. The normalized spacial score (nSPS) is 24.4. The zero-order valence-corrected chi connectivity index (χ0v) is 22.1. The molecule has 3 N–H and O–H groups in total. The van der Waals surface area contributed by atoms with Gasteiger partial charge < -0.3 is 11.1 Å². The maximum Gasteiger partial charge on any atom is 0.237 e. The number of nitrogens with one attached hydrogen (secondary N) is 1. The van der Waals surface area contributed by atoms with Crippen molar-refractivity contribution < 1.29 is 18.4 Å². The van der Waals surface area contributed by atoms with E-state index < -0.39 is 29.0 Å². The molecule has 7 rings (SSSR count). The number of nitrogens with zero attached hydrogens (tertiary/aromatic N) is 3. The number of aromatic nitrogens is 3. The van der Waals surface area contributed by atoms with Crippen LogP contribution in [0.15, 0.2) is 67.1 Å². The van der Waals surface area contributed by atoms with Gasteiger partial charge in [0.25, 0.3) is 0 Å². The number of halogens is 2. The van der Waals surface area contributed by atoms with Gasteiger partial charge in [-0.3, -0.25) is 19.6 Å². The van der Waals surface area contributed by atoms with Gasteiger partial charge in [-0.1, -0.05) is 24.3 Å². The van der Waals surface area contributed by atoms with E-state index in [0.29, 0.717) is 42.8 Å². The van der Waals surface area contributed by atoms with E-state index in [2.05, 4.69) is 20.3 Å². The molecule has 4 aromatic rings. The molecule has 3 aliphatic rings. The van der Waals surface area contributed by atoms with Crippen LogP contribution in [0.4, 0.5) is 14.6 Å². The van der Waals surface area contributed by atoms with Crippen molar-refractivity contribution in [1.82, 2.24) is 15.0 Å². The maximum atomic E-state index is 14.8. The lowest BCUT2D eigenvalue weighted by atomic mass is 9.80. The van der Waals surface area contributed by atoms with E-state index in [1.54, 1.807) is 30.7 Å². The molecule has 3 aromatic heterocycles. The Labute approximate surface area is 235 Å². The monoisotopic (exact) mass is 551 g/mol. The van der Waals surface area contributed by atoms with E-state index >= 15 is 0 Å². The van der Waals surface area contributed by atoms with Crippen LogP contribution in [-0.4, -0.2) is 26.6 Å². The van der Waals surface area contributed by atoms with E-state index in [1.165, 1.54) is 6.07 Å². The summed E-state index contributed by atoms with van der Waals surface area (Å²) in [7, 11) is 0. The summed E-state index contributed by atoms with van der Waals surface area (Å²) in [4.78, 5) is 40.2. The summed E-state index contributed by atoms with van der Waals surface area (Å²) in [5, 5.41) is 2.89. The van der Waals surface area contributed by atoms with Gasteiger partial charge in [0.1, 0.15) is 5.82 Å². The Morgan fingerprint density at radius 2 is 1.80 bits per heavy atom. The third kappa shape index (κ3) is 4.06. The number of hydrogen-bond acceptors (Lipinski definition) is 6. The number of rotatable bonds is 4. The summed E-state index contributed by atoms with van der Waals surface area (Å²) < 4.78 is 28.9. The lowest BCUT2D eigenvalue weighted by Gasteiger charge is -2.23. The predicted octanol–water partition coefficient (Wildman–Crippen LogP) is 5.07. The number of Topliss-reactive ketones (excluding diaryl/α,β-unsaturated/α-hetero) is 1. The topological polar surface area (TPSA) is 111 Å². The van der Waals surface area contributed by atoms with Crippen molar-refractivity contribution in [3.05, 3.63) is 118 Å². The lowest BCUT2D eigenvalue weighted by molar-refractivity contribution is -0.120. The first-order valence-corrected chi connectivity index (χ1v) is 13.8. The quantitative estimate of drug-likeness (QED) is 0.271. The van der Waals surface area contributed by atoms with E-state index in [4.69, 9.17) is 5.73 Å². The zero-order chi connectivity index (χ0) is 28.3. The second-order valence-electron chi connectivity index (χ2n) is 11.3. The highest BCUT2D eigenvalue weighted by Gasteiger charge is 2.51. The highest BCUT2D eigenvalue weighted by atomic mass is 19.2. The SMILES string of the molecule is N[C@H]1c2cccnc2[C@H](CC(=O)c2cnc3c(c2)C[C@@]2(C3)C(=O)Nc3ncccc32)CC[C@H]1c1cccc(F)c1F. The molecule has 1 aromatic carbocycles. The van der Waals surface area contributed by atoms with Crippen molar-refractivity contribution in [3.63, 3.8) is 0 Å². The highest BCUT2D eigenvalue weighted by Crippen LogP contribution is 2.47. The third-order valence-electron chi connectivity index (χ3n) is 9.02. The van der Waals surface area contributed by atoms with Crippen LogP contribution in [0.3, 0.4) is 0 Å². The predicted molar refractivity (Wildman–Crippen MR) is 147 cm³/mol. The average Bonchev–Trinajstić information content (AvgIpc) is 3.46. The standard InChI is InChI=1S/C32H27F2N5O2/c33-24-7-1-4-20(27(24)34)21-9-8-17(29-22(28(21)35)5-2-10-36-29)13-26(40)19-12-18-14-32(15-25(18)38-16-19)23-6-3-11-37-30(23)39-31(32)41/h1-7,10-12,16-17,21,28H,8-9,13-15,35H2,(H,37,39,41)/t17-,21-,28+,32-/m0/s1. The Balaban J connectivity index is 1.15. The third-order valence-corrected chi connectivity index (χ3v) is 9.02. The van der Waals surface area contributed by atoms with Gasteiger partial charge in [0.2, 0.25) is 5.91 Å². The van der Waals surface area contributed by atoms with Crippen LogP contribution in [0.5, 0.6) is 0 Å². The molecular formula is C32H27F2N5O2. The van der Waals surface area contributed by atoms with Crippen molar-refractivity contribution in [2.45, 2.75) is 55.4 Å². The second-order valence-corrected chi connectivity index (χ2v) is 11.3. The van der Waals surface area contributed by atoms with Crippen molar-refractivity contribution >= 4 is 17.5 Å². The number of pyridine rings is 3. The Morgan fingerprint density at radius 1 is 1.00 bits per heavy atom. The molecule has 2 aliphatic carbocycles. The lowest BCUT2D eigenvalue weighted by Crippen LogP contribution is -2.35. The average molecular weight is 552 g/mol. The van der Waals surface area contributed by atoms with E-state index in [9.17, 15) is 18.4 Å². The summed E-state index contributed by atoms with van der Waals surface area (Å²) in [6.07, 6.45) is 7.00. The molecule has 0 unspecified atom stereocenters. The number of benzene rings is 1. The molecule has 41 heavy (non-hydrogen) atoms. The highest BCUT2D eigenvalue weighted by molar-refractivity contribution is 6.06.